The Labute approximate surface area is 129 Å². The summed E-state index contributed by atoms with van der Waals surface area (Å²) in [5.74, 6) is -0.00698. The SMILES string of the molecule is Cc1ccc(C(=O)C=Cc2cnn(-c3ccccc3)c2)cc1. The fourth-order valence-corrected chi connectivity index (χ4v) is 2.13. The number of carbonyl (C=O) groups excluding carboxylic acids is 1. The molecule has 0 unspecified atom stereocenters. The lowest BCUT2D eigenvalue weighted by atomic mass is 10.1. The second-order valence-corrected chi connectivity index (χ2v) is 5.12. The number of ketones is 1. The molecule has 0 aliphatic carbocycles. The molecule has 0 aliphatic heterocycles. The Morgan fingerprint density at radius 2 is 1.77 bits per heavy atom. The van der Waals surface area contributed by atoms with Crippen LogP contribution in [0, 0.1) is 6.92 Å². The topological polar surface area (TPSA) is 34.9 Å². The van der Waals surface area contributed by atoms with Gasteiger partial charge < -0.3 is 0 Å². The summed E-state index contributed by atoms with van der Waals surface area (Å²) < 4.78 is 1.79. The average molecular weight is 288 g/mol. The lowest BCUT2D eigenvalue weighted by Gasteiger charge is -1.98. The van der Waals surface area contributed by atoms with E-state index in [1.807, 2.05) is 67.7 Å². The minimum atomic E-state index is -0.00698. The van der Waals surface area contributed by atoms with Crippen molar-refractivity contribution in [1.29, 1.82) is 0 Å². The molecule has 3 heteroatoms. The second-order valence-electron chi connectivity index (χ2n) is 5.12. The highest BCUT2D eigenvalue weighted by atomic mass is 16.1. The van der Waals surface area contributed by atoms with Crippen molar-refractivity contribution in [2.45, 2.75) is 6.92 Å². The zero-order valence-electron chi connectivity index (χ0n) is 12.3. The quantitative estimate of drug-likeness (QED) is 0.535. The number of rotatable bonds is 4. The maximum Gasteiger partial charge on any atom is 0.185 e. The summed E-state index contributed by atoms with van der Waals surface area (Å²) >= 11 is 0. The molecule has 3 aromatic rings. The van der Waals surface area contributed by atoms with E-state index in [9.17, 15) is 4.79 Å². The third-order valence-electron chi connectivity index (χ3n) is 3.39. The molecule has 0 amide bonds. The van der Waals surface area contributed by atoms with Crippen molar-refractivity contribution in [2.24, 2.45) is 0 Å². The van der Waals surface area contributed by atoms with Gasteiger partial charge >= 0.3 is 0 Å². The number of benzene rings is 2. The van der Waals surface area contributed by atoms with E-state index >= 15 is 0 Å². The van der Waals surface area contributed by atoms with E-state index in [0.29, 0.717) is 5.56 Å². The van der Waals surface area contributed by atoms with Gasteiger partial charge in [-0.2, -0.15) is 5.10 Å². The van der Waals surface area contributed by atoms with Crippen LogP contribution in [0.15, 0.2) is 73.1 Å². The minimum Gasteiger partial charge on any atom is -0.289 e. The van der Waals surface area contributed by atoms with Gasteiger partial charge in [0.2, 0.25) is 0 Å². The number of carbonyl (C=O) groups is 1. The number of nitrogens with zero attached hydrogens (tertiary/aromatic N) is 2. The highest BCUT2D eigenvalue weighted by Gasteiger charge is 2.02. The molecule has 0 radical (unpaired) electrons. The summed E-state index contributed by atoms with van der Waals surface area (Å²) in [5, 5.41) is 4.30. The van der Waals surface area contributed by atoms with Gasteiger partial charge in [-0.25, -0.2) is 4.68 Å². The Kier molecular flexibility index (Phi) is 3.97. The number of aromatic nitrogens is 2. The summed E-state index contributed by atoms with van der Waals surface area (Å²) in [4.78, 5) is 12.1. The van der Waals surface area contributed by atoms with Crippen LogP contribution >= 0.6 is 0 Å². The standard InChI is InChI=1S/C19H16N2O/c1-15-7-10-17(11-8-15)19(22)12-9-16-13-20-21(14-16)18-5-3-2-4-6-18/h2-14H,1H3. The second kappa shape index (κ2) is 6.22. The van der Waals surface area contributed by atoms with Crippen LogP contribution in [0.3, 0.4) is 0 Å². The Morgan fingerprint density at radius 1 is 1.05 bits per heavy atom. The van der Waals surface area contributed by atoms with E-state index in [0.717, 1.165) is 16.8 Å². The fourth-order valence-electron chi connectivity index (χ4n) is 2.13. The van der Waals surface area contributed by atoms with E-state index in [4.69, 9.17) is 0 Å². The predicted octanol–water partition coefficient (Wildman–Crippen LogP) is 4.08. The Balaban J connectivity index is 1.75. The van der Waals surface area contributed by atoms with Crippen molar-refractivity contribution in [3.8, 4) is 5.69 Å². The number of aryl methyl sites for hydroxylation is 1. The fraction of sp³-hybridized carbons (Fsp3) is 0.0526. The molecule has 0 bridgehead atoms. The van der Waals surface area contributed by atoms with Crippen molar-refractivity contribution >= 4 is 11.9 Å². The average Bonchev–Trinajstić information content (AvgIpc) is 3.03. The molecule has 22 heavy (non-hydrogen) atoms. The van der Waals surface area contributed by atoms with Crippen molar-refractivity contribution in [1.82, 2.24) is 9.78 Å². The molecule has 0 fully saturated rings. The molecule has 108 valence electrons. The molecular weight excluding hydrogens is 272 g/mol. The van der Waals surface area contributed by atoms with Crippen LogP contribution in [0.5, 0.6) is 0 Å². The number of para-hydroxylation sites is 1. The molecule has 0 aliphatic rings. The van der Waals surface area contributed by atoms with Gasteiger partial charge in [-0.3, -0.25) is 4.79 Å². The molecular formula is C19H16N2O. The molecule has 0 N–H and O–H groups in total. The molecule has 0 spiro atoms. The van der Waals surface area contributed by atoms with Crippen LogP contribution in [-0.2, 0) is 0 Å². The molecule has 2 aromatic carbocycles. The smallest absolute Gasteiger partial charge is 0.185 e. The minimum absolute atomic E-state index is 0.00698. The van der Waals surface area contributed by atoms with Gasteiger partial charge in [0.15, 0.2) is 5.78 Å². The maximum atomic E-state index is 12.1. The summed E-state index contributed by atoms with van der Waals surface area (Å²) in [7, 11) is 0. The summed E-state index contributed by atoms with van der Waals surface area (Å²) in [5.41, 5.74) is 3.72. The molecule has 1 heterocycles. The first-order chi connectivity index (χ1) is 10.7. The Bertz CT molecular complexity index is 799. The van der Waals surface area contributed by atoms with Crippen molar-refractivity contribution < 1.29 is 4.79 Å². The highest BCUT2D eigenvalue weighted by molar-refractivity contribution is 6.06. The van der Waals surface area contributed by atoms with Crippen LogP contribution in [0.2, 0.25) is 0 Å². The van der Waals surface area contributed by atoms with E-state index in [-0.39, 0.29) is 5.78 Å². The normalized spacial score (nSPS) is 11.0. The van der Waals surface area contributed by atoms with Crippen LogP contribution in [0.1, 0.15) is 21.5 Å². The van der Waals surface area contributed by atoms with Gasteiger partial charge in [-0.1, -0.05) is 48.0 Å². The van der Waals surface area contributed by atoms with Gasteiger partial charge in [0.1, 0.15) is 0 Å². The number of hydrogen-bond acceptors (Lipinski definition) is 2. The van der Waals surface area contributed by atoms with Crippen LogP contribution in [-0.4, -0.2) is 15.6 Å². The van der Waals surface area contributed by atoms with Crippen LogP contribution in [0.25, 0.3) is 11.8 Å². The monoisotopic (exact) mass is 288 g/mol. The highest BCUT2D eigenvalue weighted by Crippen LogP contribution is 2.10. The molecule has 3 rings (SSSR count). The zero-order chi connectivity index (χ0) is 15.4. The Hall–Kier alpha value is -2.94. The maximum absolute atomic E-state index is 12.1. The Morgan fingerprint density at radius 3 is 2.50 bits per heavy atom. The third-order valence-corrected chi connectivity index (χ3v) is 3.39. The molecule has 1 aromatic heterocycles. The van der Waals surface area contributed by atoms with E-state index in [1.54, 1.807) is 23.0 Å². The first-order valence-corrected chi connectivity index (χ1v) is 7.11. The molecule has 3 nitrogen and oxygen atoms in total. The molecule has 0 atom stereocenters. The first-order valence-electron chi connectivity index (χ1n) is 7.11. The lowest BCUT2D eigenvalue weighted by Crippen LogP contribution is -1.93. The molecule has 0 saturated heterocycles. The number of hydrogen-bond donors (Lipinski definition) is 0. The van der Waals surface area contributed by atoms with Gasteiger partial charge in [-0.05, 0) is 31.2 Å². The third kappa shape index (κ3) is 3.20. The number of allylic oxidation sites excluding steroid dienone is 1. The van der Waals surface area contributed by atoms with Crippen molar-refractivity contribution in [2.75, 3.05) is 0 Å². The van der Waals surface area contributed by atoms with Gasteiger partial charge in [0.25, 0.3) is 0 Å². The summed E-state index contributed by atoms with van der Waals surface area (Å²) in [6, 6.07) is 17.4. The predicted molar refractivity (Wildman–Crippen MR) is 88.1 cm³/mol. The van der Waals surface area contributed by atoms with Crippen molar-refractivity contribution in [3.05, 3.63) is 89.8 Å². The zero-order valence-corrected chi connectivity index (χ0v) is 12.3. The lowest BCUT2D eigenvalue weighted by molar-refractivity contribution is 0.104. The van der Waals surface area contributed by atoms with Crippen molar-refractivity contribution in [3.63, 3.8) is 0 Å². The van der Waals surface area contributed by atoms with E-state index < -0.39 is 0 Å². The van der Waals surface area contributed by atoms with Crippen LogP contribution in [0.4, 0.5) is 0 Å². The van der Waals surface area contributed by atoms with E-state index in [1.165, 1.54) is 0 Å². The largest absolute Gasteiger partial charge is 0.289 e. The van der Waals surface area contributed by atoms with Gasteiger partial charge in [0, 0.05) is 17.3 Å². The van der Waals surface area contributed by atoms with E-state index in [2.05, 4.69) is 5.10 Å². The summed E-state index contributed by atoms with van der Waals surface area (Å²) in [6.07, 6.45) is 7.01. The molecule has 0 saturated carbocycles. The van der Waals surface area contributed by atoms with Gasteiger partial charge in [-0.15, -0.1) is 0 Å². The van der Waals surface area contributed by atoms with Gasteiger partial charge in [0.05, 0.1) is 11.9 Å². The first kappa shape index (κ1) is 14.0. The summed E-state index contributed by atoms with van der Waals surface area (Å²) in [6.45, 7) is 2.00. The van der Waals surface area contributed by atoms with Crippen LogP contribution < -0.4 is 0 Å².